The molecule has 0 atom stereocenters. The molecule has 0 amide bonds. The minimum absolute atomic E-state index is 0.0606. The van der Waals surface area contributed by atoms with Crippen molar-refractivity contribution in [1.82, 2.24) is 0 Å². The molecule has 1 aliphatic carbocycles. The SMILES string of the molecule is CC(C)(C)c1ccc(C(=O)C(Br)(Br)C2(O)CCCC2)cc1. The monoisotopic (exact) mass is 416 g/mol. The number of rotatable bonds is 3. The van der Waals surface area contributed by atoms with E-state index >= 15 is 0 Å². The van der Waals surface area contributed by atoms with Crippen LogP contribution in [0.1, 0.15) is 62.4 Å². The number of hydrogen-bond acceptors (Lipinski definition) is 2. The number of carbonyl (C=O) groups is 1. The van der Waals surface area contributed by atoms with Crippen molar-refractivity contribution >= 4 is 37.6 Å². The van der Waals surface area contributed by atoms with Crippen LogP contribution in [0.5, 0.6) is 0 Å². The fourth-order valence-corrected chi connectivity index (χ4v) is 4.04. The first-order valence-corrected chi connectivity index (χ1v) is 8.92. The molecule has 0 spiro atoms. The highest BCUT2D eigenvalue weighted by atomic mass is 79.9. The average Bonchev–Trinajstić information content (AvgIpc) is 2.85. The van der Waals surface area contributed by atoms with Crippen LogP contribution in [0.25, 0.3) is 0 Å². The third-order valence-corrected chi connectivity index (χ3v) is 6.51. The molecular weight excluding hydrogens is 396 g/mol. The van der Waals surface area contributed by atoms with E-state index in [0.29, 0.717) is 18.4 Å². The summed E-state index contributed by atoms with van der Waals surface area (Å²) in [6, 6.07) is 7.67. The number of Topliss-reactive ketones (excluding diaryl/α,β-unsaturated/α-hetero) is 1. The molecule has 1 saturated carbocycles. The fraction of sp³-hybridized carbons (Fsp3) is 0.588. The number of aliphatic hydroxyl groups is 1. The van der Waals surface area contributed by atoms with Gasteiger partial charge in [-0.1, -0.05) is 89.7 Å². The Labute approximate surface area is 143 Å². The lowest BCUT2D eigenvalue weighted by atomic mass is 9.85. The van der Waals surface area contributed by atoms with Crippen molar-refractivity contribution in [3.8, 4) is 0 Å². The summed E-state index contributed by atoms with van der Waals surface area (Å²) in [6.45, 7) is 6.43. The highest BCUT2D eigenvalue weighted by molar-refractivity contribution is 9.26. The van der Waals surface area contributed by atoms with Gasteiger partial charge in [-0.05, 0) is 23.8 Å². The van der Waals surface area contributed by atoms with E-state index in [9.17, 15) is 9.90 Å². The first-order chi connectivity index (χ1) is 9.58. The predicted molar refractivity (Wildman–Crippen MR) is 93.5 cm³/mol. The van der Waals surface area contributed by atoms with E-state index in [0.717, 1.165) is 12.8 Å². The van der Waals surface area contributed by atoms with E-state index in [4.69, 9.17) is 0 Å². The highest BCUT2D eigenvalue weighted by Crippen LogP contribution is 2.49. The van der Waals surface area contributed by atoms with E-state index in [1.165, 1.54) is 5.56 Å². The Morgan fingerprint density at radius 3 is 2.00 bits per heavy atom. The Balaban J connectivity index is 2.27. The minimum atomic E-state index is -1.10. The molecule has 1 aliphatic rings. The lowest BCUT2D eigenvalue weighted by Crippen LogP contribution is -2.48. The van der Waals surface area contributed by atoms with Crippen LogP contribution in [0.3, 0.4) is 0 Å². The van der Waals surface area contributed by atoms with Crippen LogP contribution in [0, 0.1) is 0 Å². The Morgan fingerprint density at radius 1 is 1.10 bits per heavy atom. The molecule has 0 aromatic heterocycles. The fourth-order valence-electron chi connectivity index (χ4n) is 2.79. The van der Waals surface area contributed by atoms with Crippen molar-refractivity contribution in [2.75, 3.05) is 0 Å². The zero-order valence-electron chi connectivity index (χ0n) is 12.7. The molecule has 0 aliphatic heterocycles. The van der Waals surface area contributed by atoms with Crippen molar-refractivity contribution in [3.05, 3.63) is 35.4 Å². The summed E-state index contributed by atoms with van der Waals surface area (Å²) in [5, 5.41) is 10.7. The van der Waals surface area contributed by atoms with Crippen molar-refractivity contribution in [2.45, 2.75) is 60.7 Å². The van der Waals surface area contributed by atoms with E-state index < -0.39 is 8.83 Å². The number of halogens is 2. The lowest BCUT2D eigenvalue weighted by Gasteiger charge is -2.35. The molecule has 0 unspecified atom stereocenters. The van der Waals surface area contributed by atoms with E-state index in [1.807, 2.05) is 24.3 Å². The quantitative estimate of drug-likeness (QED) is 0.557. The maximum atomic E-state index is 12.8. The summed E-state index contributed by atoms with van der Waals surface area (Å²) in [5.41, 5.74) is 0.836. The molecule has 2 rings (SSSR count). The molecule has 0 saturated heterocycles. The van der Waals surface area contributed by atoms with Gasteiger partial charge in [-0.2, -0.15) is 0 Å². The molecule has 1 fully saturated rings. The zero-order chi connectivity index (χ0) is 15.9. The molecule has 0 radical (unpaired) electrons. The number of benzene rings is 1. The van der Waals surface area contributed by atoms with Crippen molar-refractivity contribution in [2.24, 2.45) is 0 Å². The van der Waals surface area contributed by atoms with Crippen LogP contribution in [0.15, 0.2) is 24.3 Å². The van der Waals surface area contributed by atoms with Crippen LogP contribution in [0.2, 0.25) is 0 Å². The van der Waals surface area contributed by atoms with Gasteiger partial charge in [0.1, 0.15) is 0 Å². The molecule has 2 nitrogen and oxygen atoms in total. The molecular formula is C17H22Br2O2. The first-order valence-electron chi connectivity index (χ1n) is 7.33. The van der Waals surface area contributed by atoms with Crippen LogP contribution < -0.4 is 0 Å². The van der Waals surface area contributed by atoms with Gasteiger partial charge in [0.2, 0.25) is 0 Å². The maximum Gasteiger partial charge on any atom is 0.193 e. The van der Waals surface area contributed by atoms with Gasteiger partial charge in [0, 0.05) is 5.56 Å². The summed E-state index contributed by atoms with van der Waals surface area (Å²) in [7, 11) is 0. The summed E-state index contributed by atoms with van der Waals surface area (Å²) >= 11 is 6.88. The van der Waals surface area contributed by atoms with Gasteiger partial charge >= 0.3 is 0 Å². The predicted octanol–water partition coefficient (Wildman–Crippen LogP) is 4.96. The second kappa shape index (κ2) is 5.78. The Bertz CT molecular complexity index is 521. The number of alkyl halides is 2. The van der Waals surface area contributed by atoms with Gasteiger partial charge in [-0.25, -0.2) is 0 Å². The smallest absolute Gasteiger partial charge is 0.193 e. The molecule has 0 bridgehead atoms. The number of hydrogen-bond donors (Lipinski definition) is 1. The second-order valence-electron chi connectivity index (χ2n) is 6.97. The topological polar surface area (TPSA) is 37.3 Å². The third-order valence-electron chi connectivity index (χ3n) is 4.31. The molecule has 1 N–H and O–H groups in total. The Morgan fingerprint density at radius 2 is 1.57 bits per heavy atom. The molecule has 1 aromatic carbocycles. The van der Waals surface area contributed by atoms with Gasteiger partial charge in [-0.3, -0.25) is 4.79 Å². The summed E-state index contributed by atoms with van der Waals surface area (Å²) in [4.78, 5) is 12.8. The molecule has 4 heteroatoms. The summed E-state index contributed by atoms with van der Waals surface area (Å²) in [6.07, 6.45) is 3.17. The average molecular weight is 418 g/mol. The van der Waals surface area contributed by atoms with Crippen LogP contribution >= 0.6 is 31.9 Å². The van der Waals surface area contributed by atoms with Gasteiger partial charge < -0.3 is 5.11 Å². The molecule has 116 valence electrons. The van der Waals surface area contributed by atoms with Crippen molar-refractivity contribution in [3.63, 3.8) is 0 Å². The third kappa shape index (κ3) is 3.27. The van der Waals surface area contributed by atoms with Crippen molar-refractivity contribution < 1.29 is 9.90 Å². The van der Waals surface area contributed by atoms with Gasteiger partial charge in [-0.15, -0.1) is 0 Å². The zero-order valence-corrected chi connectivity index (χ0v) is 15.9. The molecule has 21 heavy (non-hydrogen) atoms. The summed E-state index contributed by atoms with van der Waals surface area (Å²) < 4.78 is -1.10. The van der Waals surface area contributed by atoms with Gasteiger partial charge in [0.05, 0.1) is 5.60 Å². The van der Waals surface area contributed by atoms with E-state index in [-0.39, 0.29) is 11.2 Å². The standard InChI is InChI=1S/C17H22Br2O2/c1-15(2,3)13-8-6-12(7-9-13)14(20)17(18,19)16(21)10-4-5-11-16/h6-9,21H,4-5,10-11H2,1-3H3. The van der Waals surface area contributed by atoms with E-state index in [1.54, 1.807) is 0 Å². The van der Waals surface area contributed by atoms with Crippen LogP contribution in [0.4, 0.5) is 0 Å². The Hall–Kier alpha value is -0.190. The van der Waals surface area contributed by atoms with Gasteiger partial charge in [0.15, 0.2) is 9.02 Å². The first kappa shape index (κ1) is 17.2. The largest absolute Gasteiger partial charge is 0.387 e. The summed E-state index contributed by atoms with van der Waals surface area (Å²) in [5.74, 6) is -0.118. The number of ketones is 1. The molecule has 1 aromatic rings. The van der Waals surface area contributed by atoms with E-state index in [2.05, 4.69) is 52.6 Å². The normalized spacial score (nSPS) is 18.8. The Kier molecular flexibility index (Phi) is 4.73. The van der Waals surface area contributed by atoms with Gasteiger partial charge in [0.25, 0.3) is 0 Å². The van der Waals surface area contributed by atoms with Crippen LogP contribution in [-0.4, -0.2) is 19.7 Å². The van der Waals surface area contributed by atoms with Crippen molar-refractivity contribution in [1.29, 1.82) is 0 Å². The molecule has 0 heterocycles. The number of carbonyl (C=O) groups excluding carboxylic acids is 1. The second-order valence-corrected chi connectivity index (χ2v) is 10.4. The lowest BCUT2D eigenvalue weighted by molar-refractivity contribution is 0.0367. The highest BCUT2D eigenvalue weighted by Gasteiger charge is 2.53. The van der Waals surface area contributed by atoms with Crippen LogP contribution in [-0.2, 0) is 5.41 Å². The maximum absolute atomic E-state index is 12.8. The minimum Gasteiger partial charge on any atom is -0.387 e.